The van der Waals surface area contributed by atoms with Gasteiger partial charge in [0.1, 0.15) is 0 Å². The molecule has 2 amide bonds. The summed E-state index contributed by atoms with van der Waals surface area (Å²) in [7, 11) is 0. The second-order valence-electron chi connectivity index (χ2n) is 7.46. The summed E-state index contributed by atoms with van der Waals surface area (Å²) in [5.41, 5.74) is 6.39. The molecule has 0 bridgehead atoms. The number of aromatic nitrogens is 3. The third kappa shape index (κ3) is 5.16. The Hall–Kier alpha value is -2.65. The number of nitrogens with zero attached hydrogens (tertiary/aromatic N) is 4. The predicted octanol–water partition coefficient (Wildman–Crippen LogP) is 3.59. The highest BCUT2D eigenvalue weighted by Crippen LogP contribution is 2.30. The Labute approximate surface area is 189 Å². The van der Waals surface area contributed by atoms with Gasteiger partial charge in [-0.1, -0.05) is 36.0 Å². The van der Waals surface area contributed by atoms with Crippen LogP contribution in [-0.2, 0) is 9.59 Å². The molecule has 1 fully saturated rings. The van der Waals surface area contributed by atoms with Crippen LogP contribution in [0.5, 0.6) is 0 Å². The van der Waals surface area contributed by atoms with E-state index in [4.69, 9.17) is 5.73 Å². The topological polar surface area (TPSA) is 94.1 Å². The number of thiophene rings is 1. The minimum atomic E-state index is -0.257. The Kier molecular flexibility index (Phi) is 7.03. The van der Waals surface area contributed by atoms with Gasteiger partial charge in [0.15, 0.2) is 11.0 Å². The highest BCUT2D eigenvalue weighted by molar-refractivity contribution is 7.99. The van der Waals surface area contributed by atoms with Gasteiger partial charge in [-0.3, -0.25) is 14.2 Å². The molecule has 1 aromatic carbocycles. The summed E-state index contributed by atoms with van der Waals surface area (Å²) in [6.45, 7) is 1.23. The zero-order chi connectivity index (χ0) is 21.6. The lowest BCUT2D eigenvalue weighted by Gasteiger charge is -2.30. The summed E-state index contributed by atoms with van der Waals surface area (Å²) >= 11 is 3.25. The monoisotopic (exact) mass is 455 g/mol. The number of thioether (sulfide) groups is 1. The zero-order valence-electron chi connectivity index (χ0n) is 17.1. The first kappa shape index (κ1) is 21.6. The van der Waals surface area contributed by atoms with E-state index in [1.165, 1.54) is 0 Å². The highest BCUT2D eigenvalue weighted by Gasteiger charge is 2.25. The Morgan fingerprint density at radius 3 is 2.55 bits per heavy atom. The molecule has 0 unspecified atom stereocenters. The molecular weight excluding hydrogens is 430 g/mol. The summed E-state index contributed by atoms with van der Waals surface area (Å²) in [6.07, 6.45) is 2.59. The SMILES string of the molecule is NC(=O)C1CCN(C(=O)CCCSc2nnc(-c3cccs3)n2-c2ccccc2)CC1. The number of carbonyl (C=O) groups excluding carboxylic acids is 2. The normalized spacial score (nSPS) is 14.6. The van der Waals surface area contributed by atoms with E-state index in [2.05, 4.69) is 14.8 Å². The standard InChI is InChI=1S/C22H25N5O2S2/c23-20(29)16-10-12-26(13-11-16)19(28)9-5-15-31-22-25-24-21(18-8-4-14-30-18)27(22)17-6-2-1-3-7-17/h1-4,6-8,14,16H,5,9-13,15H2,(H2,23,29). The number of carbonyl (C=O) groups is 2. The lowest BCUT2D eigenvalue weighted by molar-refractivity contribution is -0.134. The van der Waals surface area contributed by atoms with Crippen LogP contribution in [0.2, 0.25) is 0 Å². The van der Waals surface area contributed by atoms with Crippen LogP contribution in [0.3, 0.4) is 0 Å². The van der Waals surface area contributed by atoms with E-state index < -0.39 is 0 Å². The van der Waals surface area contributed by atoms with Gasteiger partial charge < -0.3 is 10.6 Å². The number of benzene rings is 1. The molecule has 162 valence electrons. The Bertz CT molecular complexity index is 1010. The van der Waals surface area contributed by atoms with Crippen molar-refractivity contribution in [3.8, 4) is 16.4 Å². The largest absolute Gasteiger partial charge is 0.369 e. The molecule has 0 aliphatic carbocycles. The van der Waals surface area contributed by atoms with Gasteiger partial charge in [-0.15, -0.1) is 21.5 Å². The van der Waals surface area contributed by atoms with Crippen LogP contribution in [0.25, 0.3) is 16.4 Å². The summed E-state index contributed by atoms with van der Waals surface area (Å²) in [5, 5.41) is 11.7. The van der Waals surface area contributed by atoms with Crippen LogP contribution >= 0.6 is 23.1 Å². The van der Waals surface area contributed by atoms with Gasteiger partial charge in [0.05, 0.1) is 4.88 Å². The van der Waals surface area contributed by atoms with Crippen LogP contribution in [-0.4, -0.2) is 50.3 Å². The van der Waals surface area contributed by atoms with Crippen LogP contribution in [0.4, 0.5) is 0 Å². The van der Waals surface area contributed by atoms with Crippen molar-refractivity contribution < 1.29 is 9.59 Å². The lowest BCUT2D eigenvalue weighted by atomic mass is 9.96. The van der Waals surface area contributed by atoms with Crippen molar-refractivity contribution in [1.82, 2.24) is 19.7 Å². The van der Waals surface area contributed by atoms with Crippen molar-refractivity contribution in [3.05, 3.63) is 47.8 Å². The fraction of sp³-hybridized carbons (Fsp3) is 0.364. The lowest BCUT2D eigenvalue weighted by Crippen LogP contribution is -2.41. The first-order valence-electron chi connectivity index (χ1n) is 10.4. The van der Waals surface area contributed by atoms with Crippen LogP contribution in [0.1, 0.15) is 25.7 Å². The fourth-order valence-electron chi connectivity index (χ4n) is 3.70. The molecule has 1 saturated heterocycles. The molecule has 0 spiro atoms. The van der Waals surface area contributed by atoms with Crippen LogP contribution in [0.15, 0.2) is 53.0 Å². The van der Waals surface area contributed by atoms with Gasteiger partial charge in [-0.25, -0.2) is 0 Å². The van der Waals surface area contributed by atoms with Crippen molar-refractivity contribution in [1.29, 1.82) is 0 Å². The molecule has 4 rings (SSSR count). The molecule has 3 aromatic rings. The number of likely N-dealkylation sites (tertiary alicyclic amines) is 1. The van der Waals surface area contributed by atoms with E-state index in [0.29, 0.717) is 32.4 Å². The number of primary amides is 1. The molecule has 0 atom stereocenters. The Morgan fingerprint density at radius 2 is 1.87 bits per heavy atom. The average molecular weight is 456 g/mol. The van der Waals surface area contributed by atoms with Crippen LogP contribution in [0, 0.1) is 5.92 Å². The molecule has 3 heterocycles. The number of para-hydroxylation sites is 1. The first-order valence-corrected chi connectivity index (χ1v) is 12.2. The molecule has 7 nitrogen and oxygen atoms in total. The van der Waals surface area contributed by atoms with Gasteiger partial charge >= 0.3 is 0 Å². The molecule has 1 aliphatic rings. The maximum Gasteiger partial charge on any atom is 0.222 e. The van der Waals surface area contributed by atoms with Crippen molar-refractivity contribution in [3.63, 3.8) is 0 Å². The first-order chi connectivity index (χ1) is 15.1. The second-order valence-corrected chi connectivity index (χ2v) is 9.47. The Morgan fingerprint density at radius 1 is 1.10 bits per heavy atom. The molecule has 31 heavy (non-hydrogen) atoms. The molecule has 0 saturated carbocycles. The van der Waals surface area contributed by atoms with Crippen molar-refractivity contribution in [2.24, 2.45) is 11.7 Å². The van der Waals surface area contributed by atoms with E-state index in [9.17, 15) is 9.59 Å². The number of nitrogens with two attached hydrogens (primary N) is 1. The zero-order valence-corrected chi connectivity index (χ0v) is 18.8. The van der Waals surface area contributed by atoms with Gasteiger partial charge in [0.2, 0.25) is 11.8 Å². The maximum absolute atomic E-state index is 12.5. The smallest absolute Gasteiger partial charge is 0.222 e. The summed E-state index contributed by atoms with van der Waals surface area (Å²) in [5.74, 6) is 1.40. The van der Waals surface area contributed by atoms with Crippen molar-refractivity contribution in [2.75, 3.05) is 18.8 Å². The molecule has 1 aliphatic heterocycles. The summed E-state index contributed by atoms with van der Waals surface area (Å²) in [6, 6.07) is 14.1. The summed E-state index contributed by atoms with van der Waals surface area (Å²) < 4.78 is 2.08. The van der Waals surface area contributed by atoms with E-state index in [1.54, 1.807) is 23.1 Å². The van der Waals surface area contributed by atoms with E-state index >= 15 is 0 Å². The number of piperidine rings is 1. The van der Waals surface area contributed by atoms with Crippen molar-refractivity contribution in [2.45, 2.75) is 30.8 Å². The molecular formula is C22H25N5O2S2. The third-order valence-corrected chi connectivity index (χ3v) is 7.29. The van der Waals surface area contributed by atoms with Gasteiger partial charge in [-0.2, -0.15) is 0 Å². The van der Waals surface area contributed by atoms with Gasteiger partial charge in [0, 0.05) is 36.9 Å². The van der Waals surface area contributed by atoms with E-state index in [0.717, 1.165) is 33.7 Å². The number of rotatable bonds is 8. The predicted molar refractivity (Wildman–Crippen MR) is 123 cm³/mol. The molecule has 9 heteroatoms. The molecule has 2 aromatic heterocycles. The maximum atomic E-state index is 12.5. The second kappa shape index (κ2) is 10.1. The van der Waals surface area contributed by atoms with E-state index in [1.807, 2.05) is 52.7 Å². The molecule has 2 N–H and O–H groups in total. The molecule has 0 radical (unpaired) electrons. The fourth-order valence-corrected chi connectivity index (χ4v) is 5.29. The number of hydrogen-bond acceptors (Lipinski definition) is 6. The van der Waals surface area contributed by atoms with Crippen molar-refractivity contribution >= 4 is 34.9 Å². The Balaban J connectivity index is 1.35. The van der Waals surface area contributed by atoms with Gasteiger partial charge in [-0.05, 0) is 42.8 Å². The van der Waals surface area contributed by atoms with Gasteiger partial charge in [0.25, 0.3) is 0 Å². The number of hydrogen-bond donors (Lipinski definition) is 1. The van der Waals surface area contributed by atoms with Crippen LogP contribution < -0.4 is 5.73 Å². The van der Waals surface area contributed by atoms with E-state index in [-0.39, 0.29) is 17.7 Å². The quantitative estimate of drug-likeness (QED) is 0.414. The highest BCUT2D eigenvalue weighted by atomic mass is 32.2. The number of amides is 2. The third-order valence-electron chi connectivity index (χ3n) is 5.41. The average Bonchev–Trinajstić information content (AvgIpc) is 3.47. The minimum Gasteiger partial charge on any atom is -0.369 e. The minimum absolute atomic E-state index is 0.0958. The summed E-state index contributed by atoms with van der Waals surface area (Å²) in [4.78, 5) is 26.7.